The van der Waals surface area contributed by atoms with Crippen molar-refractivity contribution < 1.29 is 9.53 Å². The number of carbonyl (C=O) groups is 1. The highest BCUT2D eigenvalue weighted by molar-refractivity contribution is 7.12. The number of rotatable bonds is 3. The summed E-state index contributed by atoms with van der Waals surface area (Å²) in [6.07, 6.45) is 5.92. The predicted octanol–water partition coefficient (Wildman–Crippen LogP) is 2.45. The summed E-state index contributed by atoms with van der Waals surface area (Å²) in [4.78, 5) is 16.8. The summed E-state index contributed by atoms with van der Waals surface area (Å²) >= 11 is 1.41. The first kappa shape index (κ1) is 13.3. The van der Waals surface area contributed by atoms with Gasteiger partial charge in [0.1, 0.15) is 4.88 Å². The van der Waals surface area contributed by atoms with Gasteiger partial charge in [0.25, 0.3) is 0 Å². The van der Waals surface area contributed by atoms with Crippen molar-refractivity contribution in [1.29, 1.82) is 0 Å². The molecule has 106 valence electrons. The summed E-state index contributed by atoms with van der Waals surface area (Å²) in [6, 6.07) is 0.308. The van der Waals surface area contributed by atoms with Crippen LogP contribution >= 0.6 is 11.3 Å². The van der Waals surface area contributed by atoms with Crippen LogP contribution in [0.1, 0.15) is 39.8 Å². The molecule has 0 saturated carbocycles. The summed E-state index contributed by atoms with van der Waals surface area (Å²) in [5.74, 6) is -0.294. The third-order valence-corrected chi connectivity index (χ3v) is 4.71. The van der Waals surface area contributed by atoms with Crippen LogP contribution in [-0.4, -0.2) is 29.2 Å². The van der Waals surface area contributed by atoms with Crippen LogP contribution in [0.15, 0.2) is 17.9 Å². The van der Waals surface area contributed by atoms with Crippen molar-refractivity contribution in [1.82, 2.24) is 14.9 Å². The summed E-state index contributed by atoms with van der Waals surface area (Å²) in [7, 11) is 1.41. The molecule has 20 heavy (non-hydrogen) atoms. The van der Waals surface area contributed by atoms with Gasteiger partial charge in [0.15, 0.2) is 0 Å². The van der Waals surface area contributed by atoms with Crippen LogP contribution in [0.2, 0.25) is 0 Å². The predicted molar refractivity (Wildman–Crippen MR) is 77.5 cm³/mol. The zero-order chi connectivity index (χ0) is 14.1. The summed E-state index contributed by atoms with van der Waals surface area (Å²) in [6.45, 7) is 3.03. The Morgan fingerprint density at radius 2 is 2.45 bits per heavy atom. The number of nitrogens with one attached hydrogen (secondary N) is 1. The molecular weight excluding hydrogens is 274 g/mol. The smallest absolute Gasteiger partial charge is 0.350 e. The van der Waals surface area contributed by atoms with E-state index in [9.17, 15) is 4.79 Å². The van der Waals surface area contributed by atoms with Gasteiger partial charge in [0.05, 0.1) is 31.0 Å². The lowest BCUT2D eigenvalue weighted by Crippen LogP contribution is -2.17. The standard InChI is InChI=1S/C14H17N3O2S/c1-9-7-20-13(14(18)19-2)12(9)17-8-15-6-11(17)10-4-3-5-16-10/h6-8,10,16H,3-5H2,1-2H3/t10-/m0/s1. The first-order valence-corrected chi connectivity index (χ1v) is 7.52. The highest BCUT2D eigenvalue weighted by atomic mass is 32.1. The second kappa shape index (κ2) is 5.38. The van der Waals surface area contributed by atoms with E-state index in [1.54, 1.807) is 6.33 Å². The quantitative estimate of drug-likeness (QED) is 0.883. The Morgan fingerprint density at radius 3 is 3.15 bits per heavy atom. The molecular formula is C14H17N3O2S. The molecule has 0 radical (unpaired) electrons. The number of thiophene rings is 1. The molecule has 3 heterocycles. The van der Waals surface area contributed by atoms with Gasteiger partial charge in [0, 0.05) is 6.04 Å². The zero-order valence-electron chi connectivity index (χ0n) is 11.5. The lowest BCUT2D eigenvalue weighted by molar-refractivity contribution is 0.0606. The van der Waals surface area contributed by atoms with Crippen LogP contribution in [0.4, 0.5) is 0 Å². The van der Waals surface area contributed by atoms with Crippen LogP contribution in [-0.2, 0) is 4.74 Å². The van der Waals surface area contributed by atoms with E-state index in [0.29, 0.717) is 10.9 Å². The number of aryl methyl sites for hydroxylation is 1. The third kappa shape index (κ3) is 2.14. The third-order valence-electron chi connectivity index (χ3n) is 3.64. The molecule has 0 unspecified atom stereocenters. The maximum Gasteiger partial charge on any atom is 0.350 e. The molecule has 1 fully saturated rings. The maximum atomic E-state index is 11.9. The first-order chi connectivity index (χ1) is 9.72. The minimum absolute atomic E-state index is 0.294. The fraction of sp³-hybridized carbons (Fsp3) is 0.429. The van der Waals surface area contributed by atoms with Gasteiger partial charge in [-0.15, -0.1) is 11.3 Å². The molecule has 1 saturated heterocycles. The molecule has 0 aliphatic carbocycles. The number of esters is 1. The monoisotopic (exact) mass is 291 g/mol. The highest BCUT2D eigenvalue weighted by Gasteiger charge is 2.24. The van der Waals surface area contributed by atoms with E-state index in [2.05, 4.69) is 10.3 Å². The van der Waals surface area contributed by atoms with Gasteiger partial charge in [0.2, 0.25) is 0 Å². The summed E-state index contributed by atoms with van der Waals surface area (Å²) in [5.41, 5.74) is 3.06. The van der Waals surface area contributed by atoms with Crippen molar-refractivity contribution >= 4 is 17.3 Å². The Bertz CT molecular complexity index is 626. The average Bonchev–Trinajstić information content (AvgIpc) is 3.16. The largest absolute Gasteiger partial charge is 0.465 e. The number of hydrogen-bond donors (Lipinski definition) is 1. The molecule has 1 atom stereocenters. The van der Waals surface area contributed by atoms with E-state index in [0.717, 1.165) is 29.9 Å². The Kier molecular flexibility index (Phi) is 3.58. The van der Waals surface area contributed by atoms with Gasteiger partial charge in [-0.3, -0.25) is 4.57 Å². The van der Waals surface area contributed by atoms with Gasteiger partial charge in [-0.05, 0) is 37.3 Å². The molecule has 0 amide bonds. The van der Waals surface area contributed by atoms with Crippen LogP contribution in [0.25, 0.3) is 5.69 Å². The van der Waals surface area contributed by atoms with Gasteiger partial charge >= 0.3 is 5.97 Å². The minimum atomic E-state index is -0.294. The molecule has 1 aliphatic rings. The molecule has 0 spiro atoms. The van der Waals surface area contributed by atoms with Crippen LogP contribution in [0.3, 0.4) is 0 Å². The lowest BCUT2D eigenvalue weighted by atomic mass is 10.1. The normalized spacial score (nSPS) is 18.4. The summed E-state index contributed by atoms with van der Waals surface area (Å²) < 4.78 is 6.89. The number of methoxy groups -OCH3 is 1. The van der Waals surface area contributed by atoms with Gasteiger partial charge in [-0.1, -0.05) is 0 Å². The Morgan fingerprint density at radius 1 is 1.60 bits per heavy atom. The minimum Gasteiger partial charge on any atom is -0.465 e. The Hall–Kier alpha value is -1.66. The molecule has 2 aromatic heterocycles. The van der Waals surface area contributed by atoms with Gasteiger partial charge < -0.3 is 10.1 Å². The molecule has 1 N–H and O–H groups in total. The van der Waals surface area contributed by atoms with Crippen molar-refractivity contribution in [3.05, 3.63) is 34.0 Å². The molecule has 5 nitrogen and oxygen atoms in total. The maximum absolute atomic E-state index is 11.9. The molecule has 3 rings (SSSR count). The number of nitrogens with zero attached hydrogens (tertiary/aromatic N) is 2. The van der Waals surface area contributed by atoms with Crippen molar-refractivity contribution in [2.45, 2.75) is 25.8 Å². The fourth-order valence-corrected chi connectivity index (χ4v) is 3.62. The number of ether oxygens (including phenoxy) is 1. The van der Waals surface area contributed by atoms with E-state index in [4.69, 9.17) is 4.74 Å². The van der Waals surface area contributed by atoms with Crippen molar-refractivity contribution in [2.75, 3.05) is 13.7 Å². The number of hydrogen-bond acceptors (Lipinski definition) is 5. The number of carbonyl (C=O) groups excluding carboxylic acids is 1. The highest BCUT2D eigenvalue weighted by Crippen LogP contribution is 2.31. The van der Waals surface area contributed by atoms with Crippen LogP contribution in [0, 0.1) is 6.92 Å². The number of aromatic nitrogens is 2. The van der Waals surface area contributed by atoms with Gasteiger partial charge in [-0.2, -0.15) is 0 Å². The lowest BCUT2D eigenvalue weighted by Gasteiger charge is -2.15. The molecule has 6 heteroatoms. The molecule has 0 aromatic carbocycles. The summed E-state index contributed by atoms with van der Waals surface area (Å²) in [5, 5.41) is 5.45. The van der Waals surface area contributed by atoms with Crippen LogP contribution < -0.4 is 5.32 Å². The van der Waals surface area contributed by atoms with E-state index in [-0.39, 0.29) is 5.97 Å². The average molecular weight is 291 g/mol. The van der Waals surface area contributed by atoms with E-state index >= 15 is 0 Å². The van der Waals surface area contributed by atoms with Crippen molar-refractivity contribution in [2.24, 2.45) is 0 Å². The van der Waals surface area contributed by atoms with Crippen LogP contribution in [0.5, 0.6) is 0 Å². The Balaban J connectivity index is 2.07. The zero-order valence-corrected chi connectivity index (χ0v) is 12.4. The van der Waals surface area contributed by atoms with E-state index in [1.165, 1.54) is 24.9 Å². The SMILES string of the molecule is COC(=O)c1scc(C)c1-n1cncc1[C@@H]1CCCN1. The van der Waals surface area contributed by atoms with E-state index < -0.39 is 0 Å². The van der Waals surface area contributed by atoms with Gasteiger partial charge in [-0.25, -0.2) is 9.78 Å². The fourth-order valence-electron chi connectivity index (χ4n) is 2.66. The van der Waals surface area contributed by atoms with Crippen molar-refractivity contribution in [3.63, 3.8) is 0 Å². The number of imidazole rings is 1. The second-order valence-electron chi connectivity index (χ2n) is 4.93. The molecule has 1 aliphatic heterocycles. The first-order valence-electron chi connectivity index (χ1n) is 6.64. The topological polar surface area (TPSA) is 56.2 Å². The van der Waals surface area contributed by atoms with E-state index in [1.807, 2.05) is 23.1 Å². The Labute approximate surface area is 121 Å². The second-order valence-corrected chi connectivity index (χ2v) is 5.81. The van der Waals surface area contributed by atoms with Crippen molar-refractivity contribution in [3.8, 4) is 5.69 Å². The molecule has 2 aromatic rings. The molecule has 0 bridgehead atoms.